The molecular formula is C31H42O2S. The lowest BCUT2D eigenvalue weighted by Gasteiger charge is -2.33. The normalized spacial score (nSPS) is 18.6. The number of allylic oxidation sites excluding steroid dienone is 11. The summed E-state index contributed by atoms with van der Waals surface area (Å²) < 4.78 is 27.1. The molecule has 1 aliphatic rings. The van der Waals surface area contributed by atoms with Gasteiger partial charge in [0.25, 0.3) is 0 Å². The predicted molar refractivity (Wildman–Crippen MR) is 148 cm³/mol. The van der Waals surface area contributed by atoms with Crippen LogP contribution in [0, 0.1) is 5.41 Å². The van der Waals surface area contributed by atoms with Gasteiger partial charge in [-0.1, -0.05) is 96.9 Å². The first-order chi connectivity index (χ1) is 15.9. The average molecular weight is 479 g/mol. The first-order valence-corrected chi connectivity index (χ1v) is 13.8. The van der Waals surface area contributed by atoms with Crippen LogP contribution in [0.1, 0.15) is 74.1 Å². The van der Waals surface area contributed by atoms with Crippen molar-refractivity contribution >= 4 is 9.84 Å². The van der Waals surface area contributed by atoms with Crippen LogP contribution in [0.2, 0.25) is 0 Å². The highest BCUT2D eigenvalue weighted by Crippen LogP contribution is 2.40. The summed E-state index contributed by atoms with van der Waals surface area (Å²) in [5, 5.41) is -0.623. The minimum absolute atomic E-state index is 0.158. The lowest BCUT2D eigenvalue weighted by molar-refractivity contribution is 0.377. The first-order valence-electron chi connectivity index (χ1n) is 12.3. The molecule has 0 spiro atoms. The Morgan fingerprint density at radius 3 is 2.29 bits per heavy atom. The average Bonchev–Trinajstić information content (AvgIpc) is 2.76. The molecule has 1 aromatic carbocycles. The van der Waals surface area contributed by atoms with Crippen molar-refractivity contribution in [3.8, 4) is 0 Å². The molecule has 0 saturated heterocycles. The lowest BCUT2D eigenvalue weighted by Crippen LogP contribution is -2.20. The van der Waals surface area contributed by atoms with Crippen LogP contribution in [0.5, 0.6) is 0 Å². The highest BCUT2D eigenvalue weighted by atomic mass is 32.2. The summed E-state index contributed by atoms with van der Waals surface area (Å²) in [6.07, 6.45) is 18.2. The van der Waals surface area contributed by atoms with Crippen molar-refractivity contribution in [2.75, 3.05) is 0 Å². The van der Waals surface area contributed by atoms with Gasteiger partial charge < -0.3 is 0 Å². The summed E-state index contributed by atoms with van der Waals surface area (Å²) in [5.41, 5.74) is 6.21. The van der Waals surface area contributed by atoms with Crippen LogP contribution in [-0.2, 0) is 9.84 Å². The Balaban J connectivity index is 2.39. The van der Waals surface area contributed by atoms with Gasteiger partial charge >= 0.3 is 0 Å². The predicted octanol–water partition coefficient (Wildman–Crippen LogP) is 8.72. The molecule has 2 rings (SSSR count). The van der Waals surface area contributed by atoms with Crippen LogP contribution in [-0.4, -0.2) is 13.7 Å². The van der Waals surface area contributed by atoms with Crippen LogP contribution in [0.15, 0.2) is 106 Å². The molecule has 0 saturated carbocycles. The third-order valence-corrected chi connectivity index (χ3v) is 8.45. The van der Waals surface area contributed by atoms with E-state index in [2.05, 4.69) is 46.8 Å². The van der Waals surface area contributed by atoms with Crippen LogP contribution in [0.3, 0.4) is 0 Å². The van der Waals surface area contributed by atoms with Gasteiger partial charge in [-0.15, -0.1) is 0 Å². The summed E-state index contributed by atoms with van der Waals surface area (Å²) in [5.74, 6) is 0. The van der Waals surface area contributed by atoms with Crippen LogP contribution >= 0.6 is 0 Å². The number of hydrogen-bond acceptors (Lipinski definition) is 2. The van der Waals surface area contributed by atoms with Gasteiger partial charge in [-0.25, -0.2) is 8.42 Å². The Bertz CT molecular complexity index is 1120. The number of benzene rings is 1. The molecule has 1 aromatic rings. The van der Waals surface area contributed by atoms with Crippen molar-refractivity contribution in [1.29, 1.82) is 0 Å². The first kappa shape index (κ1) is 27.9. The van der Waals surface area contributed by atoms with E-state index in [4.69, 9.17) is 0 Å². The maximum absolute atomic E-state index is 13.6. The Hall–Kier alpha value is -2.39. The zero-order valence-corrected chi connectivity index (χ0v) is 22.9. The summed E-state index contributed by atoms with van der Waals surface area (Å²) in [6, 6.07) is 8.79. The Morgan fingerprint density at radius 2 is 1.68 bits per heavy atom. The fourth-order valence-corrected chi connectivity index (χ4v) is 6.23. The highest BCUT2D eigenvalue weighted by molar-refractivity contribution is 7.92. The van der Waals surface area contributed by atoms with E-state index >= 15 is 0 Å². The maximum Gasteiger partial charge on any atom is 0.185 e. The van der Waals surface area contributed by atoms with Crippen molar-refractivity contribution in [2.24, 2.45) is 5.41 Å². The lowest BCUT2D eigenvalue weighted by atomic mass is 9.72. The van der Waals surface area contributed by atoms with E-state index in [-0.39, 0.29) is 5.41 Å². The summed E-state index contributed by atoms with van der Waals surface area (Å²) in [7, 11) is -3.51. The Labute approximate surface area is 208 Å². The summed E-state index contributed by atoms with van der Waals surface area (Å²) in [6.45, 7) is 14.9. The molecule has 1 aliphatic carbocycles. The van der Waals surface area contributed by atoms with Crippen molar-refractivity contribution in [3.05, 3.63) is 101 Å². The van der Waals surface area contributed by atoms with Crippen molar-refractivity contribution < 1.29 is 8.42 Å². The molecule has 0 radical (unpaired) electrons. The van der Waals surface area contributed by atoms with Crippen LogP contribution < -0.4 is 0 Å². The zero-order valence-electron chi connectivity index (χ0n) is 22.1. The van der Waals surface area contributed by atoms with Crippen molar-refractivity contribution in [2.45, 2.75) is 84.3 Å². The zero-order chi connectivity index (χ0) is 25.4. The van der Waals surface area contributed by atoms with Gasteiger partial charge in [-0.05, 0) is 83.4 Å². The second kappa shape index (κ2) is 12.4. The second-order valence-electron chi connectivity index (χ2n) is 10.4. The monoisotopic (exact) mass is 478 g/mol. The molecule has 0 fully saturated rings. The molecule has 2 nitrogen and oxygen atoms in total. The van der Waals surface area contributed by atoms with E-state index in [1.54, 1.807) is 24.3 Å². The van der Waals surface area contributed by atoms with E-state index in [0.717, 1.165) is 17.6 Å². The SMILES string of the molecule is CC(C)=CC=CC=C(C)CC(C=C(C)C=CC1=C(C)CCCC1(C)C)S(=O)(=O)c1ccccc1. The maximum atomic E-state index is 13.6. The van der Waals surface area contributed by atoms with Gasteiger partial charge in [-0.2, -0.15) is 0 Å². The van der Waals surface area contributed by atoms with E-state index in [1.807, 2.05) is 50.3 Å². The molecule has 34 heavy (non-hydrogen) atoms. The molecule has 3 heteroatoms. The number of rotatable bonds is 9. The molecule has 184 valence electrons. The quantitative estimate of drug-likeness (QED) is 0.333. The van der Waals surface area contributed by atoms with Gasteiger partial charge in [0, 0.05) is 0 Å². The van der Waals surface area contributed by atoms with Gasteiger partial charge in [0.05, 0.1) is 10.1 Å². The largest absolute Gasteiger partial charge is 0.223 e. The third-order valence-electron chi connectivity index (χ3n) is 6.42. The molecule has 0 amide bonds. The fourth-order valence-electron chi connectivity index (χ4n) is 4.47. The third kappa shape index (κ3) is 8.13. The molecule has 1 atom stereocenters. The smallest absolute Gasteiger partial charge is 0.185 e. The molecule has 0 aliphatic heterocycles. The van der Waals surface area contributed by atoms with Gasteiger partial charge in [0.2, 0.25) is 0 Å². The Morgan fingerprint density at radius 1 is 1.03 bits per heavy atom. The summed E-state index contributed by atoms with van der Waals surface area (Å²) in [4.78, 5) is 0.368. The molecule has 0 N–H and O–H groups in total. The minimum atomic E-state index is -3.51. The van der Waals surface area contributed by atoms with Gasteiger partial charge in [0.1, 0.15) is 0 Å². The minimum Gasteiger partial charge on any atom is -0.223 e. The van der Waals surface area contributed by atoms with Crippen LogP contribution in [0.25, 0.3) is 0 Å². The molecule has 1 unspecified atom stereocenters. The van der Waals surface area contributed by atoms with Crippen molar-refractivity contribution in [1.82, 2.24) is 0 Å². The molecule has 0 heterocycles. The number of sulfone groups is 1. The van der Waals surface area contributed by atoms with Crippen molar-refractivity contribution in [3.63, 3.8) is 0 Å². The van der Waals surface area contributed by atoms with Crippen LogP contribution in [0.4, 0.5) is 0 Å². The summed E-state index contributed by atoms with van der Waals surface area (Å²) >= 11 is 0. The highest BCUT2D eigenvalue weighted by Gasteiger charge is 2.27. The molecular weight excluding hydrogens is 436 g/mol. The van der Waals surface area contributed by atoms with E-state index < -0.39 is 15.1 Å². The Kier molecular flexibility index (Phi) is 10.1. The van der Waals surface area contributed by atoms with Gasteiger partial charge in [0.15, 0.2) is 9.84 Å². The molecule has 0 aromatic heterocycles. The standard InChI is InChI=1S/C31H42O2S/c1-24(2)14-11-12-15-25(3)22-29(34(32,33)28-17-9-8-10-18-28)23-26(4)19-20-30-27(5)16-13-21-31(30,6)7/h8-12,14-15,17-20,23,29H,13,16,21-22H2,1-7H3. The molecule has 0 bridgehead atoms. The topological polar surface area (TPSA) is 34.1 Å². The number of hydrogen-bond donors (Lipinski definition) is 0. The van der Waals surface area contributed by atoms with E-state index in [1.165, 1.54) is 29.6 Å². The van der Waals surface area contributed by atoms with E-state index in [9.17, 15) is 8.42 Å². The second-order valence-corrected chi connectivity index (χ2v) is 12.6. The fraction of sp³-hybridized carbons (Fsp3) is 0.419. The van der Waals surface area contributed by atoms with E-state index in [0.29, 0.717) is 11.3 Å². The van der Waals surface area contributed by atoms with Gasteiger partial charge in [-0.3, -0.25) is 0 Å².